The van der Waals surface area contributed by atoms with E-state index in [1.165, 1.54) is 32.1 Å². The number of rotatable bonds is 5. The summed E-state index contributed by atoms with van der Waals surface area (Å²) in [5.41, 5.74) is 0.876. The molecule has 2 fully saturated rings. The van der Waals surface area contributed by atoms with Crippen LogP contribution in [0.15, 0.2) is 24.4 Å². The molecule has 0 aromatic carbocycles. The van der Waals surface area contributed by atoms with Gasteiger partial charge in [-0.25, -0.2) is 0 Å². The van der Waals surface area contributed by atoms with Gasteiger partial charge in [-0.2, -0.15) is 0 Å². The van der Waals surface area contributed by atoms with E-state index in [1.54, 1.807) is 6.20 Å². The maximum Gasteiger partial charge on any atom is 0.306 e. The molecular weight excluding hydrogens is 292 g/mol. The lowest BCUT2D eigenvalue weighted by Gasteiger charge is -2.31. The summed E-state index contributed by atoms with van der Waals surface area (Å²) in [7, 11) is 0. The van der Waals surface area contributed by atoms with Gasteiger partial charge in [-0.05, 0) is 30.9 Å². The maximum atomic E-state index is 12.8. The molecular formula is C18H24N2O3. The molecule has 1 aliphatic carbocycles. The number of cyclic esters (lactones) is 1. The van der Waals surface area contributed by atoms with E-state index < -0.39 is 6.10 Å². The minimum Gasteiger partial charge on any atom is -0.452 e. The minimum atomic E-state index is -0.602. The predicted octanol–water partition coefficient (Wildman–Crippen LogP) is 2.70. The number of hydrogen-bond acceptors (Lipinski definition) is 4. The van der Waals surface area contributed by atoms with Gasteiger partial charge in [-0.3, -0.25) is 14.6 Å². The molecule has 23 heavy (non-hydrogen) atoms. The van der Waals surface area contributed by atoms with Gasteiger partial charge in [0.05, 0.1) is 12.2 Å². The Labute approximate surface area is 137 Å². The molecule has 1 aromatic rings. The fourth-order valence-corrected chi connectivity index (χ4v) is 3.50. The molecule has 2 heterocycles. The molecule has 5 heteroatoms. The first-order chi connectivity index (χ1) is 11.2. The number of amides is 1. The highest BCUT2D eigenvalue weighted by Crippen LogP contribution is 2.26. The summed E-state index contributed by atoms with van der Waals surface area (Å²) in [4.78, 5) is 30.3. The Morgan fingerprint density at radius 3 is 2.70 bits per heavy atom. The van der Waals surface area contributed by atoms with Gasteiger partial charge in [0.2, 0.25) is 0 Å². The molecule has 0 N–H and O–H groups in total. The van der Waals surface area contributed by atoms with Gasteiger partial charge >= 0.3 is 5.97 Å². The Morgan fingerprint density at radius 1 is 1.22 bits per heavy atom. The average molecular weight is 316 g/mol. The summed E-state index contributed by atoms with van der Waals surface area (Å²) in [5.74, 6) is 0.222. The molecule has 5 nitrogen and oxygen atoms in total. The molecule has 2 aliphatic rings. The third-order valence-corrected chi connectivity index (χ3v) is 4.75. The molecule has 1 saturated heterocycles. The van der Waals surface area contributed by atoms with Crippen LogP contribution in [0.25, 0.3) is 0 Å². The first-order valence-corrected chi connectivity index (χ1v) is 8.60. The number of aromatic nitrogens is 1. The molecule has 0 bridgehead atoms. The van der Waals surface area contributed by atoms with Gasteiger partial charge in [0.1, 0.15) is 0 Å². The van der Waals surface area contributed by atoms with Crippen molar-refractivity contribution < 1.29 is 14.3 Å². The van der Waals surface area contributed by atoms with Crippen molar-refractivity contribution in [3.63, 3.8) is 0 Å². The van der Waals surface area contributed by atoms with Crippen LogP contribution in [0.3, 0.4) is 0 Å². The summed E-state index contributed by atoms with van der Waals surface area (Å²) in [6.45, 7) is 1.23. The fourth-order valence-electron chi connectivity index (χ4n) is 3.50. The first-order valence-electron chi connectivity index (χ1n) is 8.60. The van der Waals surface area contributed by atoms with E-state index in [2.05, 4.69) is 4.98 Å². The van der Waals surface area contributed by atoms with Crippen LogP contribution >= 0.6 is 0 Å². The monoisotopic (exact) mass is 316 g/mol. The van der Waals surface area contributed by atoms with E-state index in [0.717, 1.165) is 12.2 Å². The number of esters is 1. The van der Waals surface area contributed by atoms with Gasteiger partial charge in [0.15, 0.2) is 6.10 Å². The molecule has 1 saturated carbocycles. The Hall–Kier alpha value is -1.91. The highest BCUT2D eigenvalue weighted by atomic mass is 16.6. The SMILES string of the molecule is O=C1CC[C@H](C(=O)N(Cc2ccccn2)CC2CCCCC2)O1. The molecule has 0 unspecified atom stereocenters. The van der Waals surface area contributed by atoms with Crippen LogP contribution in [-0.2, 0) is 20.9 Å². The second kappa shape index (κ2) is 7.57. The van der Waals surface area contributed by atoms with Crippen LogP contribution in [0.2, 0.25) is 0 Å². The van der Waals surface area contributed by atoms with Crippen molar-refractivity contribution in [3.8, 4) is 0 Å². The van der Waals surface area contributed by atoms with E-state index in [0.29, 0.717) is 25.3 Å². The van der Waals surface area contributed by atoms with Gasteiger partial charge in [0.25, 0.3) is 5.91 Å². The Bertz CT molecular complexity index is 540. The van der Waals surface area contributed by atoms with Crippen LogP contribution < -0.4 is 0 Å². The molecule has 124 valence electrons. The summed E-state index contributed by atoms with van der Waals surface area (Å²) in [6, 6.07) is 5.73. The van der Waals surface area contributed by atoms with Crippen molar-refractivity contribution in [2.24, 2.45) is 5.92 Å². The second-order valence-electron chi connectivity index (χ2n) is 6.56. The lowest BCUT2D eigenvalue weighted by atomic mass is 9.89. The summed E-state index contributed by atoms with van der Waals surface area (Å²) in [6.07, 6.45) is 8.13. The van der Waals surface area contributed by atoms with Crippen molar-refractivity contribution in [2.75, 3.05) is 6.54 Å². The molecule has 0 radical (unpaired) electrons. The molecule has 1 atom stereocenters. The van der Waals surface area contributed by atoms with Crippen LogP contribution in [0, 0.1) is 5.92 Å². The van der Waals surface area contributed by atoms with Gasteiger partial charge in [-0.15, -0.1) is 0 Å². The zero-order valence-corrected chi connectivity index (χ0v) is 13.4. The highest BCUT2D eigenvalue weighted by molar-refractivity contribution is 5.86. The second-order valence-corrected chi connectivity index (χ2v) is 6.56. The smallest absolute Gasteiger partial charge is 0.306 e. The van der Waals surface area contributed by atoms with E-state index in [1.807, 2.05) is 23.1 Å². The predicted molar refractivity (Wildman–Crippen MR) is 85.3 cm³/mol. The Balaban J connectivity index is 1.69. The Morgan fingerprint density at radius 2 is 2.04 bits per heavy atom. The minimum absolute atomic E-state index is 0.0629. The van der Waals surface area contributed by atoms with Crippen molar-refractivity contribution in [2.45, 2.75) is 57.6 Å². The number of carbonyl (C=O) groups excluding carboxylic acids is 2. The fraction of sp³-hybridized carbons (Fsp3) is 0.611. The van der Waals surface area contributed by atoms with E-state index >= 15 is 0 Å². The number of ether oxygens (including phenoxy) is 1. The van der Waals surface area contributed by atoms with Gasteiger partial charge in [-0.1, -0.05) is 25.3 Å². The number of hydrogen-bond donors (Lipinski definition) is 0. The molecule has 1 aromatic heterocycles. The lowest BCUT2D eigenvalue weighted by molar-refractivity contribution is -0.153. The van der Waals surface area contributed by atoms with E-state index in [9.17, 15) is 9.59 Å². The molecule has 3 rings (SSSR count). The van der Waals surface area contributed by atoms with Crippen LogP contribution in [-0.4, -0.2) is 34.4 Å². The van der Waals surface area contributed by atoms with Gasteiger partial charge in [0, 0.05) is 25.6 Å². The largest absolute Gasteiger partial charge is 0.452 e. The number of pyridine rings is 1. The normalized spacial score (nSPS) is 21.9. The maximum absolute atomic E-state index is 12.8. The van der Waals surface area contributed by atoms with Crippen molar-refractivity contribution >= 4 is 11.9 Å². The summed E-state index contributed by atoms with van der Waals surface area (Å²) < 4.78 is 5.18. The Kier molecular flexibility index (Phi) is 5.26. The topological polar surface area (TPSA) is 59.5 Å². The standard InChI is InChI=1S/C18H24N2O3/c21-17-10-9-16(23-17)18(22)20(12-14-6-2-1-3-7-14)13-15-8-4-5-11-19-15/h4-5,8,11,14,16H,1-3,6-7,9-10,12-13H2/t16-/m1/s1. The quantitative estimate of drug-likeness (QED) is 0.784. The van der Waals surface area contributed by atoms with Crippen LogP contribution in [0.1, 0.15) is 50.6 Å². The zero-order chi connectivity index (χ0) is 16.1. The number of nitrogens with zero attached hydrogens (tertiary/aromatic N) is 2. The van der Waals surface area contributed by atoms with Gasteiger partial charge < -0.3 is 9.64 Å². The van der Waals surface area contributed by atoms with Crippen molar-refractivity contribution in [1.82, 2.24) is 9.88 Å². The molecule has 0 spiro atoms. The third-order valence-electron chi connectivity index (χ3n) is 4.75. The number of carbonyl (C=O) groups is 2. The average Bonchev–Trinajstić information content (AvgIpc) is 3.02. The zero-order valence-electron chi connectivity index (χ0n) is 13.4. The van der Waals surface area contributed by atoms with Crippen molar-refractivity contribution in [1.29, 1.82) is 0 Å². The summed E-state index contributed by atoms with van der Waals surface area (Å²) >= 11 is 0. The van der Waals surface area contributed by atoms with E-state index in [-0.39, 0.29) is 11.9 Å². The molecule has 1 amide bonds. The highest BCUT2D eigenvalue weighted by Gasteiger charge is 2.34. The van der Waals surface area contributed by atoms with Crippen LogP contribution in [0.4, 0.5) is 0 Å². The first kappa shape index (κ1) is 16.0. The summed E-state index contributed by atoms with van der Waals surface area (Å²) in [5, 5.41) is 0. The lowest BCUT2D eigenvalue weighted by Crippen LogP contribution is -2.41. The van der Waals surface area contributed by atoms with Crippen molar-refractivity contribution in [3.05, 3.63) is 30.1 Å². The third kappa shape index (κ3) is 4.30. The molecule has 1 aliphatic heterocycles. The van der Waals surface area contributed by atoms with E-state index in [4.69, 9.17) is 4.74 Å². The van der Waals surface area contributed by atoms with Crippen LogP contribution in [0.5, 0.6) is 0 Å².